The number of aromatic nitrogens is 2. The molecule has 6 heteroatoms. The fourth-order valence-corrected chi connectivity index (χ4v) is 3.44. The zero-order valence-corrected chi connectivity index (χ0v) is 12.8. The van der Waals surface area contributed by atoms with E-state index in [0.717, 1.165) is 52.4 Å². The van der Waals surface area contributed by atoms with Crippen molar-refractivity contribution in [3.05, 3.63) is 18.0 Å². The fourth-order valence-electron chi connectivity index (χ4n) is 3.44. The van der Waals surface area contributed by atoms with Crippen LogP contribution < -0.4 is 0 Å². The van der Waals surface area contributed by atoms with Crippen LogP contribution in [0.15, 0.2) is 12.4 Å². The van der Waals surface area contributed by atoms with Crippen molar-refractivity contribution in [2.45, 2.75) is 25.0 Å². The maximum atomic E-state index is 10.4. The number of hydrogen-bond donors (Lipinski definition) is 1. The van der Waals surface area contributed by atoms with Crippen LogP contribution in [0.3, 0.4) is 0 Å². The number of aliphatic hydroxyl groups is 1. The molecular weight excluding hydrogens is 268 g/mol. The Balaban J connectivity index is 1.53. The summed E-state index contributed by atoms with van der Waals surface area (Å²) in [6, 6.07) is 0.415. The second kappa shape index (κ2) is 6.87. The first kappa shape index (κ1) is 15.0. The number of ether oxygens (including phenoxy) is 1. The smallest absolute Gasteiger partial charge is 0.0794 e. The molecule has 21 heavy (non-hydrogen) atoms. The van der Waals surface area contributed by atoms with E-state index >= 15 is 0 Å². The maximum absolute atomic E-state index is 10.4. The van der Waals surface area contributed by atoms with Gasteiger partial charge in [0.05, 0.1) is 25.5 Å². The molecule has 1 aromatic rings. The maximum Gasteiger partial charge on any atom is 0.0794 e. The van der Waals surface area contributed by atoms with E-state index in [1.165, 1.54) is 12.0 Å². The third kappa shape index (κ3) is 3.83. The molecule has 1 aromatic heterocycles. The van der Waals surface area contributed by atoms with Gasteiger partial charge in [-0.2, -0.15) is 5.10 Å². The molecule has 0 amide bonds. The Morgan fingerprint density at radius 1 is 1.33 bits per heavy atom. The first-order valence-electron chi connectivity index (χ1n) is 7.93. The highest BCUT2D eigenvalue weighted by Crippen LogP contribution is 2.31. The van der Waals surface area contributed by atoms with E-state index in [2.05, 4.69) is 21.1 Å². The molecular formula is C15H26N4O2. The minimum Gasteiger partial charge on any atom is -0.390 e. The zero-order chi connectivity index (χ0) is 14.7. The zero-order valence-electron chi connectivity index (χ0n) is 12.8. The van der Waals surface area contributed by atoms with Crippen LogP contribution in [-0.2, 0) is 11.8 Å². The lowest BCUT2D eigenvalue weighted by Gasteiger charge is -2.31. The minimum absolute atomic E-state index is 0.291. The molecule has 2 fully saturated rings. The van der Waals surface area contributed by atoms with Crippen molar-refractivity contribution in [3.63, 3.8) is 0 Å². The molecule has 0 unspecified atom stereocenters. The molecule has 118 valence electrons. The molecule has 3 heterocycles. The summed E-state index contributed by atoms with van der Waals surface area (Å²) in [6.07, 6.45) is 6.12. The Morgan fingerprint density at radius 2 is 2.14 bits per heavy atom. The first-order chi connectivity index (χ1) is 10.2. The van der Waals surface area contributed by atoms with Crippen molar-refractivity contribution >= 4 is 0 Å². The summed E-state index contributed by atoms with van der Waals surface area (Å²) in [4.78, 5) is 4.70. The predicted octanol–water partition coefficient (Wildman–Crippen LogP) is 0.250. The number of aryl methyl sites for hydroxylation is 1. The highest BCUT2D eigenvalue weighted by atomic mass is 16.5. The molecule has 2 saturated heterocycles. The van der Waals surface area contributed by atoms with Crippen LogP contribution in [0.1, 0.15) is 24.4 Å². The van der Waals surface area contributed by atoms with E-state index in [0.29, 0.717) is 6.04 Å². The molecule has 0 spiro atoms. The van der Waals surface area contributed by atoms with Crippen LogP contribution in [0.25, 0.3) is 0 Å². The van der Waals surface area contributed by atoms with Gasteiger partial charge in [0.15, 0.2) is 0 Å². The molecule has 0 bridgehead atoms. The van der Waals surface area contributed by atoms with Crippen molar-refractivity contribution in [2.75, 3.05) is 45.9 Å². The molecule has 6 nitrogen and oxygen atoms in total. The normalized spacial score (nSPS) is 26.3. The average molecular weight is 294 g/mol. The SMILES string of the molecule is Cn1cc([C@H]2CCCN2C[C@@H](O)CN2CCOCC2)cn1. The third-order valence-electron chi connectivity index (χ3n) is 4.49. The van der Waals surface area contributed by atoms with E-state index in [1.54, 1.807) is 0 Å². The highest BCUT2D eigenvalue weighted by Gasteiger charge is 2.29. The number of likely N-dealkylation sites (tertiary alicyclic amines) is 1. The predicted molar refractivity (Wildman–Crippen MR) is 80.0 cm³/mol. The van der Waals surface area contributed by atoms with Gasteiger partial charge in [0.1, 0.15) is 0 Å². The van der Waals surface area contributed by atoms with E-state index in [9.17, 15) is 5.11 Å². The van der Waals surface area contributed by atoms with E-state index in [1.807, 2.05) is 17.9 Å². The Morgan fingerprint density at radius 3 is 2.86 bits per heavy atom. The summed E-state index contributed by atoms with van der Waals surface area (Å²) in [6.45, 7) is 6.01. The van der Waals surface area contributed by atoms with Gasteiger partial charge in [-0.1, -0.05) is 0 Å². The fraction of sp³-hybridized carbons (Fsp3) is 0.800. The van der Waals surface area contributed by atoms with E-state index in [4.69, 9.17) is 4.74 Å². The lowest BCUT2D eigenvalue weighted by Crippen LogP contribution is -2.44. The lowest BCUT2D eigenvalue weighted by molar-refractivity contribution is 0.00585. The summed E-state index contributed by atoms with van der Waals surface area (Å²) in [7, 11) is 1.95. The molecule has 0 aliphatic carbocycles. The molecule has 1 N–H and O–H groups in total. The summed E-state index contributed by atoms with van der Waals surface area (Å²) < 4.78 is 7.21. The number of aliphatic hydroxyl groups excluding tert-OH is 1. The number of β-amino-alcohol motifs (C(OH)–C–C–N with tert-alkyl or cyclic N) is 1. The largest absolute Gasteiger partial charge is 0.390 e. The number of rotatable bonds is 5. The Labute approximate surface area is 126 Å². The van der Waals surface area contributed by atoms with Crippen molar-refractivity contribution in [3.8, 4) is 0 Å². The van der Waals surface area contributed by atoms with Gasteiger partial charge in [-0.25, -0.2) is 0 Å². The van der Waals surface area contributed by atoms with Crippen molar-refractivity contribution in [2.24, 2.45) is 7.05 Å². The summed E-state index contributed by atoms with van der Waals surface area (Å²) in [5, 5.41) is 14.7. The van der Waals surface area contributed by atoms with Crippen LogP contribution in [0, 0.1) is 0 Å². The average Bonchev–Trinajstić information content (AvgIpc) is 3.08. The van der Waals surface area contributed by atoms with Gasteiger partial charge in [0, 0.05) is 51.0 Å². The molecule has 2 aliphatic heterocycles. The van der Waals surface area contributed by atoms with Crippen LogP contribution >= 0.6 is 0 Å². The number of nitrogens with zero attached hydrogens (tertiary/aromatic N) is 4. The van der Waals surface area contributed by atoms with E-state index < -0.39 is 0 Å². The van der Waals surface area contributed by atoms with Gasteiger partial charge in [-0.15, -0.1) is 0 Å². The third-order valence-corrected chi connectivity index (χ3v) is 4.49. The molecule has 0 aromatic carbocycles. The van der Waals surface area contributed by atoms with Gasteiger partial charge >= 0.3 is 0 Å². The van der Waals surface area contributed by atoms with Gasteiger partial charge in [0.2, 0.25) is 0 Å². The van der Waals surface area contributed by atoms with Gasteiger partial charge in [-0.3, -0.25) is 14.5 Å². The van der Waals surface area contributed by atoms with Crippen molar-refractivity contribution in [1.29, 1.82) is 0 Å². The number of morpholine rings is 1. The standard InChI is InChI=1S/C15H26N4O2/c1-17-10-13(9-16-17)15-3-2-4-19(15)12-14(20)11-18-5-7-21-8-6-18/h9-10,14-15,20H,2-8,11-12H2,1H3/t14-,15+/m0/s1. The molecule has 3 rings (SSSR count). The first-order valence-corrected chi connectivity index (χ1v) is 7.93. The van der Waals surface area contributed by atoms with Crippen LogP contribution in [-0.4, -0.2) is 76.7 Å². The topological polar surface area (TPSA) is 53.8 Å². The lowest BCUT2D eigenvalue weighted by atomic mass is 10.1. The summed E-state index contributed by atoms with van der Waals surface area (Å²) in [5.41, 5.74) is 1.27. The Hall–Kier alpha value is -0.950. The Bertz CT molecular complexity index is 445. The van der Waals surface area contributed by atoms with Gasteiger partial charge < -0.3 is 9.84 Å². The minimum atomic E-state index is -0.291. The van der Waals surface area contributed by atoms with Crippen molar-refractivity contribution < 1.29 is 9.84 Å². The Kier molecular flexibility index (Phi) is 4.90. The number of hydrogen-bond acceptors (Lipinski definition) is 5. The van der Waals surface area contributed by atoms with Gasteiger partial charge in [-0.05, 0) is 19.4 Å². The summed E-state index contributed by atoms with van der Waals surface area (Å²) in [5.74, 6) is 0. The quantitative estimate of drug-likeness (QED) is 0.844. The monoisotopic (exact) mass is 294 g/mol. The van der Waals surface area contributed by atoms with Crippen LogP contribution in [0.2, 0.25) is 0 Å². The van der Waals surface area contributed by atoms with Crippen LogP contribution in [0.5, 0.6) is 0 Å². The molecule has 2 aliphatic rings. The highest BCUT2D eigenvalue weighted by molar-refractivity contribution is 5.12. The van der Waals surface area contributed by atoms with Crippen LogP contribution in [0.4, 0.5) is 0 Å². The second-order valence-corrected chi connectivity index (χ2v) is 6.17. The second-order valence-electron chi connectivity index (χ2n) is 6.17. The molecule has 0 saturated carbocycles. The van der Waals surface area contributed by atoms with E-state index in [-0.39, 0.29) is 6.10 Å². The van der Waals surface area contributed by atoms with Gasteiger partial charge in [0.25, 0.3) is 0 Å². The van der Waals surface area contributed by atoms with Crippen molar-refractivity contribution in [1.82, 2.24) is 19.6 Å². The summed E-state index contributed by atoms with van der Waals surface area (Å²) >= 11 is 0. The molecule has 2 atom stereocenters. The molecule has 0 radical (unpaired) electrons.